The zero-order valence-electron chi connectivity index (χ0n) is 22.2. The van der Waals surface area contributed by atoms with E-state index in [1.165, 1.54) is 0 Å². The van der Waals surface area contributed by atoms with Crippen molar-refractivity contribution < 1.29 is 88.5 Å². The Hall–Kier alpha value is -4.42. The van der Waals surface area contributed by atoms with Crippen molar-refractivity contribution in [3.63, 3.8) is 0 Å². The fourth-order valence-electron chi connectivity index (χ4n) is 6.20. The number of nitrogens with zero attached hydrogens (tertiary/aromatic N) is 2. The van der Waals surface area contributed by atoms with Crippen LogP contribution in [0, 0.1) is 93.7 Å². The predicted octanol–water partition coefficient (Wildman–Crippen LogP) is 2.04. The number of allylic oxidation sites excluding steroid dienone is 2. The molecule has 7 rings (SSSR count). The number of rotatable bonds is 6. The summed E-state index contributed by atoms with van der Waals surface area (Å²) in [7, 11) is -12.4. The maximum Gasteiger partial charge on any atom is 0.324 e. The molecule has 0 aromatic heterocycles. The molecule has 2 heterocycles. The summed E-state index contributed by atoms with van der Waals surface area (Å²) in [5.41, 5.74) is 0. The number of carbonyl (C=O) groups is 4. The molecule has 24 heteroatoms. The van der Waals surface area contributed by atoms with Gasteiger partial charge in [0.25, 0.3) is 23.6 Å². The highest BCUT2D eigenvalue weighted by molar-refractivity contribution is 7.87. The Kier molecular flexibility index (Phi) is 7.35. The molecule has 2 saturated heterocycles. The van der Waals surface area contributed by atoms with Crippen LogP contribution in [-0.2, 0) is 48.0 Å². The highest BCUT2D eigenvalue weighted by Crippen LogP contribution is 2.58. The lowest BCUT2D eigenvalue weighted by Crippen LogP contribution is -2.50. The Morgan fingerprint density at radius 2 is 0.625 bits per heavy atom. The van der Waals surface area contributed by atoms with Gasteiger partial charge in [-0.3, -0.25) is 19.2 Å². The van der Waals surface area contributed by atoms with E-state index in [4.69, 9.17) is 0 Å². The Bertz CT molecular complexity index is 1930. The molecular weight excluding hydrogens is 730 g/mol. The maximum absolute atomic E-state index is 14.2. The standard InChI is InChI=1S/C24H8F10N2O10S2/c25-9-11(27)15(31)19(16(32)12(9)28)47(41,42)45-35-21(37)5-3-1-2-4(7(5)23(35)39)8-6(3)22(38)36(24(8)40)46-48(43,44)20-17(33)13(29)10(26)14(30)18(20)34/h1-8H. The van der Waals surface area contributed by atoms with Gasteiger partial charge in [0.2, 0.25) is 11.6 Å². The van der Waals surface area contributed by atoms with Crippen LogP contribution in [0.5, 0.6) is 0 Å². The van der Waals surface area contributed by atoms with Gasteiger partial charge in [0.15, 0.2) is 56.3 Å². The van der Waals surface area contributed by atoms with Gasteiger partial charge in [0, 0.05) is 11.8 Å². The third kappa shape index (κ3) is 4.27. The van der Waals surface area contributed by atoms with Crippen molar-refractivity contribution in [3.8, 4) is 0 Å². The molecule has 0 radical (unpaired) electrons. The Labute approximate surface area is 258 Å². The average Bonchev–Trinajstić information content (AvgIpc) is 3.43. The van der Waals surface area contributed by atoms with Gasteiger partial charge in [-0.2, -0.15) is 16.8 Å². The largest absolute Gasteiger partial charge is 0.324 e. The van der Waals surface area contributed by atoms with Gasteiger partial charge in [0.1, 0.15) is 0 Å². The molecule has 2 aromatic rings. The molecule has 3 fully saturated rings. The smallest absolute Gasteiger partial charge is 0.272 e. The third-order valence-electron chi connectivity index (χ3n) is 8.11. The Morgan fingerprint density at radius 3 is 0.854 bits per heavy atom. The number of hydrogen-bond acceptors (Lipinski definition) is 10. The summed E-state index contributed by atoms with van der Waals surface area (Å²) >= 11 is 0. The molecule has 4 unspecified atom stereocenters. The fraction of sp³-hybridized carbons (Fsp3) is 0.250. The molecular formula is C24H8F10N2O10S2. The van der Waals surface area contributed by atoms with Crippen LogP contribution in [0.1, 0.15) is 0 Å². The minimum Gasteiger partial charge on any atom is -0.272 e. The number of benzene rings is 2. The first-order valence-corrected chi connectivity index (χ1v) is 15.3. The molecule has 48 heavy (non-hydrogen) atoms. The van der Waals surface area contributed by atoms with Crippen molar-refractivity contribution in [2.45, 2.75) is 9.79 Å². The molecule has 4 atom stereocenters. The second-order valence-corrected chi connectivity index (χ2v) is 13.4. The van der Waals surface area contributed by atoms with Gasteiger partial charge < -0.3 is 0 Å². The zero-order valence-corrected chi connectivity index (χ0v) is 23.8. The van der Waals surface area contributed by atoms with E-state index >= 15 is 0 Å². The van der Waals surface area contributed by atoms with Crippen molar-refractivity contribution >= 4 is 43.9 Å². The summed E-state index contributed by atoms with van der Waals surface area (Å²) in [4.78, 5) is 47.7. The third-order valence-corrected chi connectivity index (χ3v) is 10.5. The summed E-state index contributed by atoms with van der Waals surface area (Å²) in [5, 5.41) is -1.21. The van der Waals surface area contributed by atoms with E-state index in [2.05, 4.69) is 8.57 Å². The van der Waals surface area contributed by atoms with Crippen molar-refractivity contribution in [3.05, 3.63) is 70.3 Å². The Balaban J connectivity index is 1.31. The normalized spacial score (nSPS) is 26.6. The van der Waals surface area contributed by atoms with Crippen LogP contribution >= 0.6 is 0 Å². The van der Waals surface area contributed by atoms with Gasteiger partial charge in [-0.05, 0) is 0 Å². The van der Waals surface area contributed by atoms with Crippen molar-refractivity contribution in [1.82, 2.24) is 10.1 Å². The van der Waals surface area contributed by atoms with Crippen molar-refractivity contribution in [1.29, 1.82) is 0 Å². The zero-order chi connectivity index (χ0) is 35.7. The molecule has 0 N–H and O–H groups in total. The number of hydroxylamine groups is 4. The topological polar surface area (TPSA) is 161 Å². The minimum atomic E-state index is -6.20. The van der Waals surface area contributed by atoms with Crippen LogP contribution in [0.25, 0.3) is 0 Å². The summed E-state index contributed by atoms with van der Waals surface area (Å²) in [6.07, 6.45) is 2.07. The second-order valence-electron chi connectivity index (χ2n) is 10.4. The van der Waals surface area contributed by atoms with E-state index < -0.39 is 157 Å². The van der Waals surface area contributed by atoms with Crippen molar-refractivity contribution in [2.24, 2.45) is 35.5 Å². The Morgan fingerprint density at radius 1 is 0.417 bits per heavy atom. The molecule has 1 saturated carbocycles. The lowest BCUT2D eigenvalue weighted by atomic mass is 9.54. The molecule has 4 amide bonds. The lowest BCUT2D eigenvalue weighted by molar-refractivity contribution is -0.166. The van der Waals surface area contributed by atoms with Crippen LogP contribution in [0.4, 0.5) is 43.9 Å². The molecule has 2 bridgehead atoms. The van der Waals surface area contributed by atoms with E-state index in [9.17, 15) is 79.9 Å². The highest BCUT2D eigenvalue weighted by atomic mass is 32.2. The second kappa shape index (κ2) is 10.5. The van der Waals surface area contributed by atoms with E-state index in [-0.39, 0.29) is 0 Å². The SMILES string of the molecule is O=C1C2C3C=CC(C2C(=O)N1OS(=O)(=O)c1c(F)c(F)c(F)c(F)c1F)C1C(=O)N(OS(=O)(=O)c2c(F)c(F)c(F)c(F)c2F)C(=O)C31. The molecule has 0 spiro atoms. The van der Waals surface area contributed by atoms with Gasteiger partial charge in [-0.1, -0.05) is 12.2 Å². The van der Waals surface area contributed by atoms with Crippen molar-refractivity contribution in [2.75, 3.05) is 0 Å². The number of halogens is 10. The quantitative estimate of drug-likeness (QED) is 0.141. The average molecular weight is 738 g/mol. The number of hydrogen-bond donors (Lipinski definition) is 0. The molecule has 3 aliphatic carbocycles. The molecule has 12 nitrogen and oxygen atoms in total. The summed E-state index contributed by atoms with van der Waals surface area (Å²) in [6.45, 7) is 0. The first-order chi connectivity index (χ1) is 22.2. The van der Waals surface area contributed by atoms with Crippen LogP contribution in [0.2, 0.25) is 0 Å². The van der Waals surface area contributed by atoms with Gasteiger partial charge in [-0.15, -0.1) is 18.7 Å². The van der Waals surface area contributed by atoms with Gasteiger partial charge >= 0.3 is 20.2 Å². The number of amides is 4. The van der Waals surface area contributed by atoms with Gasteiger partial charge in [0.05, 0.1) is 23.7 Å². The van der Waals surface area contributed by atoms with E-state index in [0.717, 1.165) is 12.2 Å². The molecule has 5 aliphatic rings. The van der Waals surface area contributed by atoms with Crippen LogP contribution in [-0.4, -0.2) is 50.6 Å². The van der Waals surface area contributed by atoms with Crippen LogP contribution < -0.4 is 0 Å². The summed E-state index contributed by atoms with van der Waals surface area (Å²) in [6, 6.07) is 0. The van der Waals surface area contributed by atoms with E-state index in [1.807, 2.05) is 0 Å². The van der Waals surface area contributed by atoms with Crippen LogP contribution in [0.3, 0.4) is 0 Å². The molecule has 2 aromatic carbocycles. The number of imide groups is 2. The highest BCUT2D eigenvalue weighted by Gasteiger charge is 2.70. The molecule has 2 aliphatic heterocycles. The van der Waals surface area contributed by atoms with Gasteiger partial charge in [-0.25, -0.2) is 43.9 Å². The lowest BCUT2D eigenvalue weighted by Gasteiger charge is -2.44. The van der Waals surface area contributed by atoms with E-state index in [1.54, 1.807) is 0 Å². The van der Waals surface area contributed by atoms with E-state index in [0.29, 0.717) is 0 Å². The minimum absolute atomic E-state index is 0.604. The molecule has 256 valence electrons. The summed E-state index contributed by atoms with van der Waals surface area (Å²) in [5.74, 6) is -45.6. The number of carbonyl (C=O) groups excluding carboxylic acids is 4. The fourth-order valence-corrected chi connectivity index (χ4v) is 8.27. The summed E-state index contributed by atoms with van der Waals surface area (Å²) < 4.78 is 197. The maximum atomic E-state index is 14.2. The predicted molar refractivity (Wildman–Crippen MR) is 123 cm³/mol. The monoisotopic (exact) mass is 738 g/mol. The first-order valence-electron chi connectivity index (χ1n) is 12.5. The van der Waals surface area contributed by atoms with Crippen LogP contribution in [0.15, 0.2) is 21.9 Å². The first kappa shape index (κ1) is 33.5.